The van der Waals surface area contributed by atoms with E-state index in [1.54, 1.807) is 31.3 Å². The molecule has 0 aromatic carbocycles. The second-order valence-corrected chi connectivity index (χ2v) is 4.63. The normalized spacial score (nSPS) is 14.6. The number of nitrogens with zero attached hydrogens (tertiary/aromatic N) is 4. The number of hydrogen-bond donors (Lipinski definition) is 1. The molecule has 1 N–H and O–H groups in total. The fraction of sp³-hybridized carbons (Fsp3) is 0.583. The summed E-state index contributed by atoms with van der Waals surface area (Å²) in [6.45, 7) is 3.12. The summed E-state index contributed by atoms with van der Waals surface area (Å²) in [5, 5.41) is 7.14. The molecule has 0 radical (unpaired) electrons. The van der Waals surface area contributed by atoms with E-state index >= 15 is 0 Å². The zero-order chi connectivity index (χ0) is 13.8. The van der Waals surface area contributed by atoms with Crippen LogP contribution in [0.2, 0.25) is 0 Å². The Morgan fingerprint density at radius 2 is 2.05 bits per heavy atom. The summed E-state index contributed by atoms with van der Waals surface area (Å²) in [6.07, 6.45) is 1.57. The van der Waals surface area contributed by atoms with E-state index in [0.29, 0.717) is 18.8 Å². The van der Waals surface area contributed by atoms with Gasteiger partial charge in [0, 0.05) is 46.5 Å². The maximum absolute atomic E-state index is 12.1. The largest absolute Gasteiger partial charge is 0.339 e. The van der Waals surface area contributed by atoms with Gasteiger partial charge in [0.1, 0.15) is 5.69 Å². The van der Waals surface area contributed by atoms with Gasteiger partial charge in [-0.15, -0.1) is 12.4 Å². The van der Waals surface area contributed by atoms with Crippen LogP contribution in [0.4, 0.5) is 0 Å². The summed E-state index contributed by atoms with van der Waals surface area (Å²) in [6, 6.07) is 1.65. The van der Waals surface area contributed by atoms with E-state index in [9.17, 15) is 9.59 Å². The average Bonchev–Trinajstić information content (AvgIpc) is 2.85. The second-order valence-electron chi connectivity index (χ2n) is 4.63. The number of rotatable bonds is 3. The van der Waals surface area contributed by atoms with Crippen LogP contribution < -0.4 is 5.32 Å². The maximum atomic E-state index is 12.1. The fourth-order valence-corrected chi connectivity index (χ4v) is 2.07. The van der Waals surface area contributed by atoms with Crippen LogP contribution in [-0.2, 0) is 11.8 Å². The van der Waals surface area contributed by atoms with Gasteiger partial charge in [-0.2, -0.15) is 5.10 Å². The van der Waals surface area contributed by atoms with Crippen LogP contribution >= 0.6 is 12.4 Å². The van der Waals surface area contributed by atoms with Gasteiger partial charge in [0.2, 0.25) is 5.91 Å². The number of likely N-dealkylation sites (N-methyl/N-ethyl adjacent to an activating group) is 1. The lowest BCUT2D eigenvalue weighted by atomic mass is 10.3. The van der Waals surface area contributed by atoms with Gasteiger partial charge in [-0.1, -0.05) is 0 Å². The van der Waals surface area contributed by atoms with Crippen LogP contribution in [0.1, 0.15) is 10.5 Å². The minimum absolute atomic E-state index is 0. The van der Waals surface area contributed by atoms with E-state index in [1.807, 2.05) is 0 Å². The molecule has 1 saturated heterocycles. The van der Waals surface area contributed by atoms with Gasteiger partial charge in [0.05, 0.1) is 6.54 Å². The SMILES string of the molecule is CN(CC(=O)N1CCNCC1)C(=O)c1ccnn1C.Cl. The van der Waals surface area contributed by atoms with Crippen molar-refractivity contribution in [2.45, 2.75) is 0 Å². The molecule has 112 valence electrons. The zero-order valence-corrected chi connectivity index (χ0v) is 12.5. The molecular weight excluding hydrogens is 282 g/mol. The molecule has 2 heterocycles. The molecule has 8 heteroatoms. The van der Waals surface area contributed by atoms with Crippen molar-refractivity contribution in [2.75, 3.05) is 39.8 Å². The molecule has 0 bridgehead atoms. The third-order valence-corrected chi connectivity index (χ3v) is 3.23. The summed E-state index contributed by atoms with van der Waals surface area (Å²) in [4.78, 5) is 27.4. The first kappa shape index (κ1) is 16.5. The Morgan fingerprint density at radius 3 is 2.60 bits per heavy atom. The van der Waals surface area contributed by atoms with Crippen molar-refractivity contribution in [2.24, 2.45) is 7.05 Å². The predicted octanol–water partition coefficient (Wildman–Crippen LogP) is -0.654. The standard InChI is InChI=1S/C12H19N5O2.ClH/c1-15(12(19)10-3-4-14-16(10)2)9-11(18)17-7-5-13-6-8-17;/h3-4,13H,5-9H2,1-2H3;1H. The first-order valence-electron chi connectivity index (χ1n) is 6.31. The number of aromatic nitrogens is 2. The number of carbonyl (C=O) groups excluding carboxylic acids is 2. The number of nitrogens with one attached hydrogen (secondary N) is 1. The Labute approximate surface area is 124 Å². The summed E-state index contributed by atoms with van der Waals surface area (Å²) in [5.41, 5.74) is 0.482. The third kappa shape index (κ3) is 3.71. The van der Waals surface area contributed by atoms with Crippen LogP contribution in [0, 0.1) is 0 Å². The number of carbonyl (C=O) groups is 2. The number of aryl methyl sites for hydroxylation is 1. The van der Waals surface area contributed by atoms with E-state index in [0.717, 1.165) is 13.1 Å². The molecule has 1 aromatic heterocycles. The van der Waals surface area contributed by atoms with Crippen molar-refractivity contribution in [1.82, 2.24) is 24.9 Å². The number of piperazine rings is 1. The van der Waals surface area contributed by atoms with Gasteiger partial charge < -0.3 is 15.1 Å². The van der Waals surface area contributed by atoms with E-state index in [4.69, 9.17) is 0 Å². The topological polar surface area (TPSA) is 70.5 Å². The molecule has 1 aromatic rings. The van der Waals surface area contributed by atoms with Crippen LogP contribution in [0.15, 0.2) is 12.3 Å². The highest BCUT2D eigenvalue weighted by atomic mass is 35.5. The van der Waals surface area contributed by atoms with Crippen molar-refractivity contribution in [3.8, 4) is 0 Å². The van der Waals surface area contributed by atoms with E-state index in [2.05, 4.69) is 10.4 Å². The molecule has 0 atom stereocenters. The first-order chi connectivity index (χ1) is 9.09. The minimum Gasteiger partial charge on any atom is -0.339 e. The number of hydrogen-bond acceptors (Lipinski definition) is 4. The summed E-state index contributed by atoms with van der Waals surface area (Å²) in [7, 11) is 3.34. The van der Waals surface area contributed by atoms with Gasteiger partial charge in [0.25, 0.3) is 5.91 Å². The van der Waals surface area contributed by atoms with Gasteiger partial charge in [-0.3, -0.25) is 14.3 Å². The van der Waals surface area contributed by atoms with Crippen LogP contribution in [0.5, 0.6) is 0 Å². The average molecular weight is 302 g/mol. The Hall–Kier alpha value is -1.60. The van der Waals surface area contributed by atoms with E-state index in [1.165, 1.54) is 9.58 Å². The minimum atomic E-state index is -0.191. The van der Waals surface area contributed by atoms with E-state index in [-0.39, 0.29) is 30.8 Å². The lowest BCUT2D eigenvalue weighted by molar-refractivity contribution is -0.132. The summed E-state index contributed by atoms with van der Waals surface area (Å²) in [5.74, 6) is -0.206. The van der Waals surface area contributed by atoms with Crippen LogP contribution in [0.3, 0.4) is 0 Å². The Bertz CT molecular complexity index is 470. The molecule has 0 saturated carbocycles. The summed E-state index contributed by atoms with van der Waals surface area (Å²) < 4.78 is 1.51. The Balaban J connectivity index is 0.00000200. The highest BCUT2D eigenvalue weighted by Crippen LogP contribution is 2.03. The molecule has 0 aliphatic carbocycles. The highest BCUT2D eigenvalue weighted by molar-refractivity contribution is 5.94. The number of amides is 2. The predicted molar refractivity (Wildman–Crippen MR) is 76.9 cm³/mol. The molecule has 1 aliphatic rings. The fourth-order valence-electron chi connectivity index (χ4n) is 2.07. The lowest BCUT2D eigenvalue weighted by Crippen LogP contribution is -2.49. The monoisotopic (exact) mass is 301 g/mol. The molecule has 0 spiro atoms. The summed E-state index contributed by atoms with van der Waals surface area (Å²) >= 11 is 0. The van der Waals surface area contributed by atoms with Gasteiger partial charge in [-0.05, 0) is 6.07 Å². The molecule has 1 aliphatic heterocycles. The van der Waals surface area contributed by atoms with Crippen molar-refractivity contribution in [3.63, 3.8) is 0 Å². The van der Waals surface area contributed by atoms with Crippen molar-refractivity contribution >= 4 is 24.2 Å². The zero-order valence-electron chi connectivity index (χ0n) is 11.7. The highest BCUT2D eigenvalue weighted by Gasteiger charge is 2.21. The molecule has 0 unspecified atom stereocenters. The second kappa shape index (κ2) is 7.25. The quantitative estimate of drug-likeness (QED) is 0.805. The van der Waals surface area contributed by atoms with Crippen molar-refractivity contribution < 1.29 is 9.59 Å². The van der Waals surface area contributed by atoms with E-state index < -0.39 is 0 Å². The molecule has 1 fully saturated rings. The van der Waals surface area contributed by atoms with Crippen LogP contribution in [0.25, 0.3) is 0 Å². The lowest BCUT2D eigenvalue weighted by Gasteiger charge is -2.29. The van der Waals surface area contributed by atoms with Gasteiger partial charge >= 0.3 is 0 Å². The Morgan fingerprint density at radius 1 is 1.40 bits per heavy atom. The molecule has 7 nitrogen and oxygen atoms in total. The smallest absolute Gasteiger partial charge is 0.272 e. The maximum Gasteiger partial charge on any atom is 0.272 e. The van der Waals surface area contributed by atoms with Crippen LogP contribution in [-0.4, -0.2) is 71.2 Å². The number of halogens is 1. The van der Waals surface area contributed by atoms with Gasteiger partial charge in [-0.25, -0.2) is 0 Å². The molecule has 20 heavy (non-hydrogen) atoms. The molecule has 2 amide bonds. The first-order valence-corrected chi connectivity index (χ1v) is 6.31. The van der Waals surface area contributed by atoms with Crippen molar-refractivity contribution in [3.05, 3.63) is 18.0 Å². The molecular formula is C12H20ClN5O2. The van der Waals surface area contributed by atoms with Gasteiger partial charge in [0.15, 0.2) is 0 Å². The third-order valence-electron chi connectivity index (χ3n) is 3.23. The van der Waals surface area contributed by atoms with Crippen molar-refractivity contribution in [1.29, 1.82) is 0 Å². The molecule has 2 rings (SSSR count). The Kier molecular flexibility index (Phi) is 5.97.